The van der Waals surface area contributed by atoms with Gasteiger partial charge in [-0.15, -0.1) is 0 Å². The number of benzene rings is 1. The van der Waals surface area contributed by atoms with Gasteiger partial charge in [-0.1, -0.05) is 18.2 Å². The second kappa shape index (κ2) is 7.45. The molecule has 0 bridgehead atoms. The number of pyridine rings is 1. The fourth-order valence-corrected chi connectivity index (χ4v) is 2.88. The summed E-state index contributed by atoms with van der Waals surface area (Å²) in [4.78, 5) is 21.2. The Morgan fingerprint density at radius 2 is 1.92 bits per heavy atom. The summed E-state index contributed by atoms with van der Waals surface area (Å²) < 4.78 is 5.69. The molecular weight excluding hydrogens is 302 g/mol. The molecule has 1 atom stereocenters. The van der Waals surface area contributed by atoms with Gasteiger partial charge in [0.15, 0.2) is 0 Å². The Morgan fingerprint density at radius 1 is 1.17 bits per heavy atom. The van der Waals surface area contributed by atoms with Gasteiger partial charge >= 0.3 is 0 Å². The van der Waals surface area contributed by atoms with Gasteiger partial charge in [0, 0.05) is 37.6 Å². The zero-order valence-corrected chi connectivity index (χ0v) is 14.2. The Hall–Kier alpha value is -2.40. The molecule has 2 aromatic rings. The van der Waals surface area contributed by atoms with Gasteiger partial charge in [0.2, 0.25) is 5.91 Å². The smallest absolute Gasteiger partial charge is 0.234 e. The molecular formula is C19H23N3O2. The van der Waals surface area contributed by atoms with E-state index in [1.807, 2.05) is 55.4 Å². The summed E-state index contributed by atoms with van der Waals surface area (Å²) >= 11 is 0. The molecule has 0 N–H and O–H groups in total. The number of hydrogen-bond acceptors (Lipinski definition) is 4. The van der Waals surface area contributed by atoms with Crippen molar-refractivity contribution in [3.05, 3.63) is 59.9 Å². The summed E-state index contributed by atoms with van der Waals surface area (Å²) in [5, 5.41) is 0. The van der Waals surface area contributed by atoms with Crippen LogP contribution in [0.3, 0.4) is 0 Å². The minimum absolute atomic E-state index is 0.124. The van der Waals surface area contributed by atoms with Gasteiger partial charge in [0.1, 0.15) is 18.3 Å². The maximum atomic E-state index is 13.1. The maximum absolute atomic E-state index is 13.1. The fourth-order valence-electron chi connectivity index (χ4n) is 2.88. The van der Waals surface area contributed by atoms with Gasteiger partial charge in [-0.2, -0.15) is 0 Å². The molecule has 5 nitrogen and oxygen atoms in total. The van der Waals surface area contributed by atoms with Crippen molar-refractivity contribution in [2.75, 3.05) is 33.8 Å². The summed E-state index contributed by atoms with van der Waals surface area (Å²) in [6.45, 7) is 2.53. The van der Waals surface area contributed by atoms with Gasteiger partial charge in [0.25, 0.3) is 0 Å². The van der Waals surface area contributed by atoms with Crippen LogP contribution in [0.25, 0.3) is 0 Å². The van der Waals surface area contributed by atoms with Crippen LogP contribution in [-0.2, 0) is 11.3 Å². The summed E-state index contributed by atoms with van der Waals surface area (Å²) in [6.07, 6.45) is 3.52. The summed E-state index contributed by atoms with van der Waals surface area (Å²) in [7, 11) is 4.03. The molecule has 0 saturated heterocycles. The number of para-hydroxylation sites is 1. The molecule has 1 aliphatic rings. The number of fused-ring (bicyclic) bond motifs is 1. The van der Waals surface area contributed by atoms with Crippen LogP contribution in [0.2, 0.25) is 0 Å². The minimum atomic E-state index is -0.217. The van der Waals surface area contributed by atoms with Crippen LogP contribution in [0.5, 0.6) is 5.75 Å². The third kappa shape index (κ3) is 3.74. The molecule has 1 aliphatic heterocycles. The van der Waals surface area contributed by atoms with Crippen molar-refractivity contribution >= 4 is 5.91 Å². The van der Waals surface area contributed by atoms with E-state index in [4.69, 9.17) is 4.74 Å². The normalized spacial score (nSPS) is 15.9. The van der Waals surface area contributed by atoms with E-state index in [2.05, 4.69) is 9.88 Å². The lowest BCUT2D eigenvalue weighted by molar-refractivity contribution is -0.133. The van der Waals surface area contributed by atoms with E-state index in [1.54, 1.807) is 12.4 Å². The number of nitrogens with zero attached hydrogens (tertiary/aromatic N) is 3. The molecule has 5 heteroatoms. The van der Waals surface area contributed by atoms with Crippen LogP contribution in [0.15, 0.2) is 48.8 Å². The highest BCUT2D eigenvalue weighted by Crippen LogP contribution is 2.34. The first-order valence-electron chi connectivity index (χ1n) is 8.19. The third-order valence-electron chi connectivity index (χ3n) is 4.25. The quantitative estimate of drug-likeness (QED) is 0.816. The van der Waals surface area contributed by atoms with E-state index < -0.39 is 0 Å². The largest absolute Gasteiger partial charge is 0.492 e. The Labute approximate surface area is 142 Å². The minimum Gasteiger partial charge on any atom is -0.492 e. The molecule has 1 aromatic carbocycles. The Morgan fingerprint density at radius 3 is 2.67 bits per heavy atom. The number of likely N-dealkylation sites (N-methyl/N-ethyl adjacent to an activating group) is 1. The standard InChI is InChI=1S/C19H23N3O2/c1-21(2)11-12-22(13-15-7-9-20-10-8-15)19(23)17-14-24-18-6-4-3-5-16(17)18/h3-10,17H,11-14H2,1-2H3/t17-/m0/s1. The average molecular weight is 325 g/mol. The van der Waals surface area contributed by atoms with Gasteiger partial charge in [0.05, 0.1) is 0 Å². The van der Waals surface area contributed by atoms with Gasteiger partial charge in [-0.25, -0.2) is 0 Å². The molecule has 0 saturated carbocycles. The maximum Gasteiger partial charge on any atom is 0.234 e. The summed E-state index contributed by atoms with van der Waals surface area (Å²) in [5.41, 5.74) is 2.08. The molecule has 0 fully saturated rings. The van der Waals surface area contributed by atoms with E-state index in [1.165, 1.54) is 0 Å². The van der Waals surface area contributed by atoms with Crippen molar-refractivity contribution in [2.45, 2.75) is 12.5 Å². The van der Waals surface area contributed by atoms with Crippen LogP contribution >= 0.6 is 0 Å². The lowest BCUT2D eigenvalue weighted by Crippen LogP contribution is -2.39. The monoisotopic (exact) mass is 325 g/mol. The first-order valence-corrected chi connectivity index (χ1v) is 8.19. The zero-order chi connectivity index (χ0) is 16.9. The second-order valence-electron chi connectivity index (χ2n) is 6.32. The number of amides is 1. The van der Waals surface area contributed by atoms with E-state index in [-0.39, 0.29) is 11.8 Å². The molecule has 2 heterocycles. The number of carbonyl (C=O) groups is 1. The molecule has 1 aromatic heterocycles. The van der Waals surface area contributed by atoms with Crippen molar-refractivity contribution in [1.29, 1.82) is 0 Å². The van der Waals surface area contributed by atoms with E-state index >= 15 is 0 Å². The van der Waals surface area contributed by atoms with Crippen LogP contribution < -0.4 is 4.74 Å². The molecule has 0 spiro atoms. The third-order valence-corrected chi connectivity index (χ3v) is 4.25. The number of rotatable bonds is 6. The highest BCUT2D eigenvalue weighted by molar-refractivity contribution is 5.85. The molecule has 0 unspecified atom stereocenters. The lowest BCUT2D eigenvalue weighted by Gasteiger charge is -2.27. The number of carbonyl (C=O) groups excluding carboxylic acids is 1. The fraction of sp³-hybridized carbons (Fsp3) is 0.368. The Kier molecular flexibility index (Phi) is 5.11. The summed E-state index contributed by atoms with van der Waals surface area (Å²) in [6, 6.07) is 11.7. The van der Waals surface area contributed by atoms with Crippen molar-refractivity contribution < 1.29 is 9.53 Å². The molecule has 1 amide bonds. The number of ether oxygens (including phenoxy) is 1. The predicted molar refractivity (Wildman–Crippen MR) is 92.9 cm³/mol. The van der Waals surface area contributed by atoms with Gasteiger partial charge in [-0.3, -0.25) is 9.78 Å². The Balaban J connectivity index is 1.78. The van der Waals surface area contributed by atoms with Gasteiger partial charge < -0.3 is 14.5 Å². The van der Waals surface area contributed by atoms with Crippen molar-refractivity contribution in [2.24, 2.45) is 0 Å². The van der Waals surface area contributed by atoms with Crippen molar-refractivity contribution in [3.8, 4) is 5.75 Å². The summed E-state index contributed by atoms with van der Waals surface area (Å²) in [5.74, 6) is 0.733. The molecule has 0 aliphatic carbocycles. The molecule has 126 valence electrons. The second-order valence-corrected chi connectivity index (χ2v) is 6.32. The zero-order valence-electron chi connectivity index (χ0n) is 14.2. The Bertz CT molecular complexity index is 688. The number of aromatic nitrogens is 1. The van der Waals surface area contributed by atoms with Crippen LogP contribution in [0.4, 0.5) is 0 Å². The van der Waals surface area contributed by atoms with Crippen molar-refractivity contribution in [1.82, 2.24) is 14.8 Å². The molecule has 24 heavy (non-hydrogen) atoms. The predicted octanol–water partition coefficient (Wildman–Crippen LogP) is 2.15. The highest BCUT2D eigenvalue weighted by atomic mass is 16.5. The highest BCUT2D eigenvalue weighted by Gasteiger charge is 2.33. The van der Waals surface area contributed by atoms with Crippen molar-refractivity contribution in [3.63, 3.8) is 0 Å². The first kappa shape index (κ1) is 16.5. The van der Waals surface area contributed by atoms with E-state index in [9.17, 15) is 4.79 Å². The van der Waals surface area contributed by atoms with Crippen LogP contribution in [0.1, 0.15) is 17.0 Å². The SMILES string of the molecule is CN(C)CCN(Cc1ccncc1)C(=O)[C@H]1COc2ccccc21. The van der Waals surface area contributed by atoms with Crippen LogP contribution in [-0.4, -0.2) is 54.5 Å². The number of hydrogen-bond donors (Lipinski definition) is 0. The van der Waals surface area contributed by atoms with E-state index in [0.717, 1.165) is 23.4 Å². The first-order chi connectivity index (χ1) is 11.6. The van der Waals surface area contributed by atoms with Gasteiger partial charge in [-0.05, 0) is 37.9 Å². The molecule has 3 rings (SSSR count). The molecule has 0 radical (unpaired) electrons. The topological polar surface area (TPSA) is 45.7 Å². The van der Waals surface area contributed by atoms with E-state index in [0.29, 0.717) is 19.7 Å². The lowest BCUT2D eigenvalue weighted by atomic mass is 9.99. The average Bonchev–Trinajstić information content (AvgIpc) is 3.03. The van der Waals surface area contributed by atoms with Crippen LogP contribution in [0, 0.1) is 0 Å².